The molecule has 2 unspecified atom stereocenters. The topological polar surface area (TPSA) is 35.5 Å². The van der Waals surface area contributed by atoms with Crippen molar-refractivity contribution in [2.45, 2.75) is 77.8 Å². The van der Waals surface area contributed by atoms with Crippen LogP contribution in [0.5, 0.6) is 0 Å². The van der Waals surface area contributed by atoms with Gasteiger partial charge < -0.3 is 15.3 Å². The fourth-order valence-corrected chi connectivity index (χ4v) is 3.63. The standard InChI is InChI=1S/C18H36N2O/c1-5-18(14-21,19-16-7-8-16)10-6-11-20-12-9-15(13-20)17(2,3)4/h15-16,19,21H,5-14H2,1-4H3. The van der Waals surface area contributed by atoms with E-state index in [2.05, 4.69) is 37.9 Å². The van der Waals surface area contributed by atoms with Gasteiger partial charge in [0, 0.05) is 18.1 Å². The van der Waals surface area contributed by atoms with Crippen molar-refractivity contribution in [2.75, 3.05) is 26.2 Å². The molecule has 1 saturated carbocycles. The molecule has 1 heterocycles. The van der Waals surface area contributed by atoms with Crippen molar-refractivity contribution in [2.24, 2.45) is 11.3 Å². The Balaban J connectivity index is 1.72. The monoisotopic (exact) mass is 296 g/mol. The molecule has 3 nitrogen and oxygen atoms in total. The maximum absolute atomic E-state index is 9.82. The molecule has 2 fully saturated rings. The first-order chi connectivity index (χ1) is 9.88. The molecule has 0 aromatic carbocycles. The zero-order chi connectivity index (χ0) is 15.5. The molecule has 2 aliphatic rings. The lowest BCUT2D eigenvalue weighted by atomic mass is 9.80. The summed E-state index contributed by atoms with van der Waals surface area (Å²) in [6.07, 6.45) is 7.27. The van der Waals surface area contributed by atoms with E-state index < -0.39 is 0 Å². The Kier molecular flexibility index (Phi) is 5.72. The van der Waals surface area contributed by atoms with E-state index in [9.17, 15) is 5.11 Å². The van der Waals surface area contributed by atoms with Crippen molar-refractivity contribution in [1.82, 2.24) is 10.2 Å². The highest BCUT2D eigenvalue weighted by atomic mass is 16.3. The summed E-state index contributed by atoms with van der Waals surface area (Å²) in [5.41, 5.74) is 0.422. The van der Waals surface area contributed by atoms with E-state index in [1.54, 1.807) is 0 Å². The van der Waals surface area contributed by atoms with Gasteiger partial charge in [0.05, 0.1) is 6.61 Å². The van der Waals surface area contributed by atoms with E-state index in [4.69, 9.17) is 0 Å². The third-order valence-corrected chi connectivity index (χ3v) is 5.69. The molecule has 124 valence electrons. The van der Waals surface area contributed by atoms with Crippen LogP contribution in [0.25, 0.3) is 0 Å². The smallest absolute Gasteiger partial charge is 0.0613 e. The molecule has 0 radical (unpaired) electrons. The molecule has 1 aliphatic carbocycles. The number of rotatable bonds is 8. The van der Waals surface area contributed by atoms with E-state index in [1.807, 2.05) is 0 Å². The second kappa shape index (κ2) is 6.97. The highest BCUT2D eigenvalue weighted by Crippen LogP contribution is 2.34. The summed E-state index contributed by atoms with van der Waals surface area (Å²) in [4.78, 5) is 2.63. The van der Waals surface area contributed by atoms with Crippen molar-refractivity contribution in [1.29, 1.82) is 0 Å². The van der Waals surface area contributed by atoms with Crippen molar-refractivity contribution >= 4 is 0 Å². The molecule has 2 N–H and O–H groups in total. The van der Waals surface area contributed by atoms with Gasteiger partial charge in [0.15, 0.2) is 0 Å². The molecular formula is C18H36N2O. The minimum Gasteiger partial charge on any atom is -0.394 e. The number of hydrogen-bond donors (Lipinski definition) is 2. The van der Waals surface area contributed by atoms with Crippen LogP contribution in [0.15, 0.2) is 0 Å². The van der Waals surface area contributed by atoms with Crippen molar-refractivity contribution in [3.63, 3.8) is 0 Å². The van der Waals surface area contributed by atoms with Crippen LogP contribution in [-0.2, 0) is 0 Å². The lowest BCUT2D eigenvalue weighted by Gasteiger charge is -2.33. The molecule has 0 spiro atoms. The molecule has 0 amide bonds. The molecule has 0 aromatic rings. The zero-order valence-corrected chi connectivity index (χ0v) is 14.6. The normalized spacial score (nSPS) is 27.0. The van der Waals surface area contributed by atoms with Crippen LogP contribution < -0.4 is 5.32 Å². The summed E-state index contributed by atoms with van der Waals surface area (Å²) in [5.74, 6) is 0.843. The number of nitrogens with zero attached hydrogens (tertiary/aromatic N) is 1. The van der Waals surface area contributed by atoms with Gasteiger partial charge in [-0.15, -0.1) is 0 Å². The Labute approximate surface area is 131 Å². The number of nitrogens with one attached hydrogen (secondary N) is 1. The van der Waals surface area contributed by atoms with Crippen LogP contribution >= 0.6 is 0 Å². The van der Waals surface area contributed by atoms with Gasteiger partial charge in [0.1, 0.15) is 0 Å². The van der Waals surface area contributed by atoms with Crippen LogP contribution in [0.2, 0.25) is 0 Å². The maximum atomic E-state index is 9.82. The SMILES string of the molecule is CCC(CO)(CCCN1CCC(C(C)(C)C)C1)NC1CC1. The molecular weight excluding hydrogens is 260 g/mol. The van der Waals surface area contributed by atoms with Crippen molar-refractivity contribution in [3.05, 3.63) is 0 Å². The molecule has 1 saturated heterocycles. The maximum Gasteiger partial charge on any atom is 0.0613 e. The lowest BCUT2D eigenvalue weighted by Crippen LogP contribution is -2.49. The Morgan fingerprint density at radius 2 is 1.90 bits per heavy atom. The Morgan fingerprint density at radius 1 is 1.19 bits per heavy atom. The molecule has 21 heavy (non-hydrogen) atoms. The molecule has 2 atom stereocenters. The fourth-order valence-electron chi connectivity index (χ4n) is 3.63. The van der Waals surface area contributed by atoms with Gasteiger partial charge in [0.25, 0.3) is 0 Å². The first kappa shape index (κ1) is 17.2. The minimum atomic E-state index is -0.0235. The fraction of sp³-hybridized carbons (Fsp3) is 1.00. The van der Waals surface area contributed by atoms with E-state index in [-0.39, 0.29) is 12.1 Å². The summed E-state index contributed by atoms with van der Waals surface area (Å²) in [6.45, 7) is 13.3. The highest BCUT2D eigenvalue weighted by Gasteiger charge is 2.35. The van der Waals surface area contributed by atoms with Crippen LogP contribution in [0, 0.1) is 11.3 Å². The van der Waals surface area contributed by atoms with Crippen LogP contribution in [0.1, 0.15) is 66.2 Å². The van der Waals surface area contributed by atoms with Crippen LogP contribution in [-0.4, -0.2) is 47.8 Å². The molecule has 0 aromatic heterocycles. The summed E-state index contributed by atoms with van der Waals surface area (Å²) in [7, 11) is 0. The largest absolute Gasteiger partial charge is 0.394 e. The predicted molar refractivity (Wildman–Crippen MR) is 89.5 cm³/mol. The average molecular weight is 296 g/mol. The number of hydrogen-bond acceptors (Lipinski definition) is 3. The van der Waals surface area contributed by atoms with E-state index in [1.165, 1.54) is 45.3 Å². The lowest BCUT2D eigenvalue weighted by molar-refractivity contribution is 0.137. The first-order valence-corrected chi connectivity index (χ1v) is 8.99. The number of likely N-dealkylation sites (tertiary alicyclic amines) is 1. The third-order valence-electron chi connectivity index (χ3n) is 5.69. The molecule has 3 heteroatoms. The van der Waals surface area contributed by atoms with E-state index >= 15 is 0 Å². The van der Waals surface area contributed by atoms with E-state index in [0.717, 1.165) is 18.8 Å². The van der Waals surface area contributed by atoms with Crippen LogP contribution in [0.4, 0.5) is 0 Å². The Morgan fingerprint density at radius 3 is 2.38 bits per heavy atom. The average Bonchev–Trinajstić information content (AvgIpc) is 3.10. The van der Waals surface area contributed by atoms with Crippen molar-refractivity contribution in [3.8, 4) is 0 Å². The molecule has 1 aliphatic heterocycles. The zero-order valence-electron chi connectivity index (χ0n) is 14.6. The first-order valence-electron chi connectivity index (χ1n) is 8.99. The van der Waals surface area contributed by atoms with Gasteiger partial charge in [-0.25, -0.2) is 0 Å². The second-order valence-corrected chi connectivity index (χ2v) is 8.47. The summed E-state index contributed by atoms with van der Waals surface area (Å²) >= 11 is 0. The van der Waals surface area contributed by atoms with Gasteiger partial charge in [0.2, 0.25) is 0 Å². The Bertz CT molecular complexity index is 316. The number of aliphatic hydroxyl groups is 1. The third kappa shape index (κ3) is 4.94. The van der Waals surface area contributed by atoms with Crippen molar-refractivity contribution < 1.29 is 5.11 Å². The minimum absolute atomic E-state index is 0.0235. The van der Waals surface area contributed by atoms with Gasteiger partial charge in [-0.05, 0) is 62.9 Å². The molecule has 2 rings (SSSR count). The number of aliphatic hydroxyl groups excluding tert-OH is 1. The molecule has 0 bridgehead atoms. The quantitative estimate of drug-likeness (QED) is 0.723. The summed E-state index contributed by atoms with van der Waals surface area (Å²) in [6, 6.07) is 0.675. The van der Waals surface area contributed by atoms with Gasteiger partial charge in [-0.1, -0.05) is 27.7 Å². The second-order valence-electron chi connectivity index (χ2n) is 8.47. The Hall–Kier alpha value is -0.120. The predicted octanol–water partition coefficient (Wildman–Crippen LogP) is 3.03. The summed E-state index contributed by atoms with van der Waals surface area (Å²) in [5, 5.41) is 13.5. The van der Waals surface area contributed by atoms with Gasteiger partial charge in [-0.3, -0.25) is 0 Å². The van der Waals surface area contributed by atoms with Gasteiger partial charge in [-0.2, -0.15) is 0 Å². The van der Waals surface area contributed by atoms with E-state index in [0.29, 0.717) is 11.5 Å². The highest BCUT2D eigenvalue weighted by molar-refractivity contribution is 4.94. The summed E-state index contributed by atoms with van der Waals surface area (Å²) < 4.78 is 0. The van der Waals surface area contributed by atoms with Gasteiger partial charge >= 0.3 is 0 Å². The van der Waals surface area contributed by atoms with Crippen LogP contribution in [0.3, 0.4) is 0 Å².